The third-order valence-corrected chi connectivity index (χ3v) is 4.79. The van der Waals surface area contributed by atoms with Gasteiger partial charge in [0.05, 0.1) is 0 Å². The van der Waals surface area contributed by atoms with Gasteiger partial charge in [-0.2, -0.15) is 0 Å². The lowest BCUT2D eigenvalue weighted by atomic mass is 9.96. The van der Waals surface area contributed by atoms with E-state index in [-0.39, 0.29) is 17.7 Å². The van der Waals surface area contributed by atoms with E-state index in [4.69, 9.17) is 5.73 Å². The number of likely N-dealkylation sites (tertiary alicyclic amines) is 1. The van der Waals surface area contributed by atoms with Crippen molar-refractivity contribution in [3.8, 4) is 0 Å². The quantitative estimate of drug-likeness (QED) is 0.770. The summed E-state index contributed by atoms with van der Waals surface area (Å²) < 4.78 is 0. The van der Waals surface area contributed by atoms with Crippen LogP contribution in [0.15, 0.2) is 60.9 Å². The Kier molecular flexibility index (Phi) is 6.33. The second-order valence-corrected chi connectivity index (χ2v) is 6.66. The fraction of sp³-hybridized carbons (Fsp3) is 0.286. The van der Waals surface area contributed by atoms with Gasteiger partial charge in [0.2, 0.25) is 5.91 Å². The van der Waals surface area contributed by atoms with E-state index in [1.54, 1.807) is 12.4 Å². The Bertz CT molecular complexity index is 797. The SMILES string of the molecule is NC(=O)C1CCN(C/C=C(\C(=O)Nc2ccccc2)c2cccnc2)CC1. The van der Waals surface area contributed by atoms with Crippen molar-refractivity contribution < 1.29 is 9.59 Å². The van der Waals surface area contributed by atoms with Crippen LogP contribution in [0.1, 0.15) is 18.4 Å². The number of para-hydroxylation sites is 1. The number of pyridine rings is 1. The molecule has 6 heteroatoms. The predicted molar refractivity (Wildman–Crippen MR) is 106 cm³/mol. The normalized spacial score (nSPS) is 16.1. The van der Waals surface area contributed by atoms with Crippen molar-refractivity contribution in [3.05, 3.63) is 66.5 Å². The number of rotatable bonds is 6. The van der Waals surface area contributed by atoms with Crippen molar-refractivity contribution in [3.63, 3.8) is 0 Å². The molecule has 27 heavy (non-hydrogen) atoms. The molecule has 1 aliphatic rings. The summed E-state index contributed by atoms with van der Waals surface area (Å²) in [5.74, 6) is -0.422. The topological polar surface area (TPSA) is 88.3 Å². The van der Waals surface area contributed by atoms with Crippen molar-refractivity contribution in [1.82, 2.24) is 9.88 Å². The molecular weight excluding hydrogens is 340 g/mol. The highest BCUT2D eigenvalue weighted by molar-refractivity contribution is 6.25. The number of hydrogen-bond acceptors (Lipinski definition) is 4. The summed E-state index contributed by atoms with van der Waals surface area (Å²) in [7, 11) is 0. The molecule has 140 valence electrons. The van der Waals surface area contributed by atoms with Gasteiger partial charge in [0.25, 0.3) is 5.91 Å². The van der Waals surface area contributed by atoms with Gasteiger partial charge in [-0.1, -0.05) is 30.3 Å². The van der Waals surface area contributed by atoms with Crippen molar-refractivity contribution in [2.45, 2.75) is 12.8 Å². The number of aromatic nitrogens is 1. The van der Waals surface area contributed by atoms with Crippen LogP contribution in [0.2, 0.25) is 0 Å². The first kappa shape index (κ1) is 18.8. The highest BCUT2D eigenvalue weighted by Gasteiger charge is 2.23. The van der Waals surface area contributed by atoms with Crippen LogP contribution in [-0.2, 0) is 9.59 Å². The molecule has 1 aromatic carbocycles. The van der Waals surface area contributed by atoms with Gasteiger partial charge in [0, 0.05) is 41.7 Å². The minimum Gasteiger partial charge on any atom is -0.369 e. The summed E-state index contributed by atoms with van der Waals surface area (Å²) in [6, 6.07) is 13.1. The van der Waals surface area contributed by atoms with Crippen LogP contribution in [0.4, 0.5) is 5.69 Å². The average Bonchev–Trinajstić information content (AvgIpc) is 2.70. The lowest BCUT2D eigenvalue weighted by Gasteiger charge is -2.29. The molecule has 6 nitrogen and oxygen atoms in total. The number of hydrogen-bond donors (Lipinski definition) is 2. The zero-order valence-corrected chi connectivity index (χ0v) is 15.2. The van der Waals surface area contributed by atoms with E-state index >= 15 is 0 Å². The van der Waals surface area contributed by atoms with E-state index in [0.29, 0.717) is 12.1 Å². The Hall–Kier alpha value is -2.99. The van der Waals surface area contributed by atoms with Crippen LogP contribution < -0.4 is 11.1 Å². The van der Waals surface area contributed by atoms with Gasteiger partial charge in [0.1, 0.15) is 0 Å². The molecule has 1 saturated heterocycles. The highest BCUT2D eigenvalue weighted by atomic mass is 16.2. The standard InChI is InChI=1S/C21H24N4O2/c22-20(26)16-8-12-25(13-9-16)14-10-19(17-5-4-11-23-15-17)21(27)24-18-6-2-1-3-7-18/h1-7,10-11,15-16H,8-9,12-14H2,(H2,22,26)(H,24,27)/b19-10-. The van der Waals surface area contributed by atoms with Crippen LogP contribution >= 0.6 is 0 Å². The highest BCUT2D eigenvalue weighted by Crippen LogP contribution is 2.19. The first-order valence-electron chi connectivity index (χ1n) is 9.12. The van der Waals surface area contributed by atoms with Gasteiger partial charge in [-0.05, 0) is 44.1 Å². The molecule has 0 spiro atoms. The molecular formula is C21H24N4O2. The lowest BCUT2D eigenvalue weighted by Crippen LogP contribution is -2.38. The molecule has 1 aromatic heterocycles. The number of nitrogens with one attached hydrogen (secondary N) is 1. The maximum atomic E-state index is 12.8. The Labute approximate surface area is 159 Å². The summed E-state index contributed by atoms with van der Waals surface area (Å²) in [5, 5.41) is 2.94. The summed E-state index contributed by atoms with van der Waals surface area (Å²) in [4.78, 5) is 30.5. The molecule has 1 fully saturated rings. The van der Waals surface area contributed by atoms with Gasteiger partial charge >= 0.3 is 0 Å². The molecule has 2 amide bonds. The maximum absolute atomic E-state index is 12.8. The van der Waals surface area contributed by atoms with E-state index < -0.39 is 0 Å². The molecule has 1 aliphatic heterocycles. The van der Waals surface area contributed by atoms with Crippen molar-refractivity contribution in [2.24, 2.45) is 11.7 Å². The van der Waals surface area contributed by atoms with Crippen LogP contribution in [0, 0.1) is 5.92 Å². The largest absolute Gasteiger partial charge is 0.369 e. The van der Waals surface area contributed by atoms with Crippen LogP contribution in [0.25, 0.3) is 5.57 Å². The van der Waals surface area contributed by atoms with Crippen molar-refractivity contribution in [2.75, 3.05) is 25.0 Å². The van der Waals surface area contributed by atoms with Crippen LogP contribution in [0.3, 0.4) is 0 Å². The molecule has 3 rings (SSSR count). The summed E-state index contributed by atoms with van der Waals surface area (Å²) >= 11 is 0. The Morgan fingerprint density at radius 3 is 2.52 bits per heavy atom. The lowest BCUT2D eigenvalue weighted by molar-refractivity contribution is -0.123. The molecule has 0 unspecified atom stereocenters. The Balaban J connectivity index is 1.71. The van der Waals surface area contributed by atoms with E-state index in [1.165, 1.54) is 0 Å². The monoisotopic (exact) mass is 364 g/mol. The molecule has 0 atom stereocenters. The number of nitrogens with zero attached hydrogens (tertiary/aromatic N) is 2. The van der Waals surface area contributed by atoms with Gasteiger partial charge in [-0.25, -0.2) is 0 Å². The fourth-order valence-corrected chi connectivity index (χ4v) is 3.20. The molecule has 0 saturated carbocycles. The number of benzene rings is 1. The van der Waals surface area contributed by atoms with Gasteiger partial charge < -0.3 is 11.1 Å². The number of nitrogens with two attached hydrogens (primary N) is 1. The predicted octanol–water partition coefficient (Wildman–Crippen LogP) is 2.30. The third kappa shape index (κ3) is 5.24. The summed E-state index contributed by atoms with van der Waals surface area (Å²) in [5.41, 5.74) is 7.51. The van der Waals surface area contributed by atoms with E-state index in [1.807, 2.05) is 48.5 Å². The maximum Gasteiger partial charge on any atom is 0.256 e. The van der Waals surface area contributed by atoms with Gasteiger partial charge in [0.15, 0.2) is 0 Å². The summed E-state index contributed by atoms with van der Waals surface area (Å²) in [6.45, 7) is 2.23. The molecule has 2 heterocycles. The summed E-state index contributed by atoms with van der Waals surface area (Å²) in [6.07, 6.45) is 6.84. The molecule has 3 N–H and O–H groups in total. The number of carbonyl (C=O) groups excluding carboxylic acids is 2. The first-order chi connectivity index (χ1) is 13.1. The number of amides is 2. The molecule has 2 aromatic rings. The van der Waals surface area contributed by atoms with Crippen molar-refractivity contribution >= 4 is 23.1 Å². The van der Waals surface area contributed by atoms with Crippen LogP contribution in [0.5, 0.6) is 0 Å². The van der Waals surface area contributed by atoms with E-state index in [2.05, 4.69) is 15.2 Å². The zero-order chi connectivity index (χ0) is 19.1. The smallest absolute Gasteiger partial charge is 0.256 e. The second kappa shape index (κ2) is 9.09. The van der Waals surface area contributed by atoms with Crippen molar-refractivity contribution in [1.29, 1.82) is 0 Å². The Morgan fingerprint density at radius 2 is 1.89 bits per heavy atom. The minimum absolute atomic E-state index is 0.0376. The van der Waals surface area contributed by atoms with Crippen LogP contribution in [-0.4, -0.2) is 41.3 Å². The minimum atomic E-state index is -0.219. The number of anilines is 1. The zero-order valence-electron chi connectivity index (χ0n) is 15.2. The Morgan fingerprint density at radius 1 is 1.15 bits per heavy atom. The van der Waals surface area contributed by atoms with E-state index in [0.717, 1.165) is 37.2 Å². The fourth-order valence-electron chi connectivity index (χ4n) is 3.20. The van der Waals surface area contributed by atoms with Gasteiger partial charge in [-0.3, -0.25) is 19.5 Å². The third-order valence-electron chi connectivity index (χ3n) is 4.79. The molecule has 0 aliphatic carbocycles. The number of piperidine rings is 1. The van der Waals surface area contributed by atoms with Gasteiger partial charge in [-0.15, -0.1) is 0 Å². The molecule has 0 bridgehead atoms. The first-order valence-corrected chi connectivity index (χ1v) is 9.12. The number of primary amides is 1. The average molecular weight is 364 g/mol. The second-order valence-electron chi connectivity index (χ2n) is 6.66. The molecule has 0 radical (unpaired) electrons. The number of carbonyl (C=O) groups is 2. The van der Waals surface area contributed by atoms with E-state index in [9.17, 15) is 9.59 Å².